The lowest BCUT2D eigenvalue weighted by Gasteiger charge is -2.14. The first-order valence-electron chi connectivity index (χ1n) is 8.45. The van der Waals surface area contributed by atoms with Crippen LogP contribution >= 0.6 is 0 Å². The van der Waals surface area contributed by atoms with Gasteiger partial charge in [0.2, 0.25) is 10.0 Å². The van der Waals surface area contributed by atoms with E-state index in [-0.39, 0.29) is 18.8 Å². The van der Waals surface area contributed by atoms with Crippen LogP contribution in [0.15, 0.2) is 34.9 Å². The van der Waals surface area contributed by atoms with Gasteiger partial charge in [-0.1, -0.05) is 0 Å². The Morgan fingerprint density at radius 2 is 1.96 bits per heavy atom. The Hall–Kier alpha value is -2.72. The summed E-state index contributed by atoms with van der Waals surface area (Å²) in [5, 5.41) is 4.92. The third kappa shape index (κ3) is 4.72. The van der Waals surface area contributed by atoms with E-state index in [9.17, 15) is 18.0 Å². The minimum atomic E-state index is -3.21. The lowest BCUT2D eigenvalue weighted by atomic mass is 10.1. The van der Waals surface area contributed by atoms with Crippen molar-refractivity contribution < 1.29 is 22.4 Å². The molecule has 0 spiro atoms. The van der Waals surface area contributed by atoms with E-state index < -0.39 is 21.8 Å². The maximum absolute atomic E-state index is 11.9. The van der Waals surface area contributed by atoms with Crippen LogP contribution < -0.4 is 10.6 Å². The van der Waals surface area contributed by atoms with Gasteiger partial charge in [-0.15, -0.1) is 0 Å². The maximum Gasteiger partial charge on any atom is 0.313 e. The summed E-state index contributed by atoms with van der Waals surface area (Å²) in [6.07, 6.45) is 2.19. The SMILES string of the molecule is Cc1ncc(-c2ccc(NC(=O)C(=O)NCCN3CCCS3(=O)=O)cc2)o1. The summed E-state index contributed by atoms with van der Waals surface area (Å²) in [5.74, 6) is -0.338. The molecule has 1 fully saturated rings. The largest absolute Gasteiger partial charge is 0.441 e. The maximum atomic E-state index is 11.9. The molecule has 1 aliphatic heterocycles. The fraction of sp³-hybridized carbons (Fsp3) is 0.353. The van der Waals surface area contributed by atoms with E-state index in [2.05, 4.69) is 15.6 Å². The molecule has 0 saturated carbocycles. The molecule has 2 aromatic rings. The molecule has 0 bridgehead atoms. The van der Waals surface area contributed by atoms with Gasteiger partial charge >= 0.3 is 11.8 Å². The Balaban J connectivity index is 1.48. The third-order valence-electron chi connectivity index (χ3n) is 4.10. The first-order valence-corrected chi connectivity index (χ1v) is 10.1. The van der Waals surface area contributed by atoms with Gasteiger partial charge in [-0.25, -0.2) is 17.7 Å². The van der Waals surface area contributed by atoms with Gasteiger partial charge in [0.15, 0.2) is 11.7 Å². The molecule has 1 aromatic carbocycles. The van der Waals surface area contributed by atoms with Crippen LogP contribution in [-0.2, 0) is 19.6 Å². The average Bonchev–Trinajstić information content (AvgIpc) is 3.21. The first kappa shape index (κ1) is 19.1. The Kier molecular flexibility index (Phi) is 5.57. The Bertz CT molecular complexity index is 936. The van der Waals surface area contributed by atoms with Crippen molar-refractivity contribution in [3.8, 4) is 11.3 Å². The quantitative estimate of drug-likeness (QED) is 0.724. The molecule has 2 amide bonds. The second kappa shape index (κ2) is 7.89. The number of benzene rings is 1. The van der Waals surface area contributed by atoms with Crippen LogP contribution in [0.2, 0.25) is 0 Å². The molecule has 1 aliphatic rings. The van der Waals surface area contributed by atoms with Crippen molar-refractivity contribution >= 4 is 27.5 Å². The number of hydrogen-bond donors (Lipinski definition) is 2. The number of aromatic nitrogens is 1. The zero-order valence-electron chi connectivity index (χ0n) is 14.8. The molecule has 3 rings (SSSR count). The van der Waals surface area contributed by atoms with Crippen LogP contribution in [0.1, 0.15) is 12.3 Å². The zero-order valence-corrected chi connectivity index (χ0v) is 15.6. The van der Waals surface area contributed by atoms with Crippen molar-refractivity contribution in [3.05, 3.63) is 36.4 Å². The van der Waals surface area contributed by atoms with E-state index in [1.807, 2.05) is 0 Å². The van der Waals surface area contributed by atoms with Crippen molar-refractivity contribution in [2.75, 3.05) is 30.7 Å². The number of nitrogens with one attached hydrogen (secondary N) is 2. The topological polar surface area (TPSA) is 122 Å². The second-order valence-electron chi connectivity index (χ2n) is 6.10. The van der Waals surface area contributed by atoms with Crippen LogP contribution in [0.3, 0.4) is 0 Å². The number of rotatable bonds is 5. The molecule has 10 heteroatoms. The highest BCUT2D eigenvalue weighted by atomic mass is 32.2. The highest BCUT2D eigenvalue weighted by molar-refractivity contribution is 7.89. The minimum Gasteiger partial charge on any atom is -0.441 e. The van der Waals surface area contributed by atoms with Crippen LogP contribution in [0, 0.1) is 6.92 Å². The number of anilines is 1. The molecule has 144 valence electrons. The summed E-state index contributed by atoms with van der Waals surface area (Å²) in [6.45, 7) is 2.43. The summed E-state index contributed by atoms with van der Waals surface area (Å²) in [7, 11) is -3.21. The Morgan fingerprint density at radius 3 is 2.56 bits per heavy atom. The van der Waals surface area contributed by atoms with Crippen molar-refractivity contribution in [2.45, 2.75) is 13.3 Å². The van der Waals surface area contributed by atoms with Gasteiger partial charge in [0, 0.05) is 37.8 Å². The Morgan fingerprint density at radius 1 is 1.22 bits per heavy atom. The molecule has 27 heavy (non-hydrogen) atoms. The number of carbonyl (C=O) groups excluding carboxylic acids is 2. The molecule has 0 unspecified atom stereocenters. The summed E-state index contributed by atoms with van der Waals surface area (Å²) in [4.78, 5) is 27.8. The predicted octanol–water partition coefficient (Wildman–Crippen LogP) is 0.740. The lowest BCUT2D eigenvalue weighted by molar-refractivity contribution is -0.136. The van der Waals surface area contributed by atoms with Crippen molar-refractivity contribution in [1.29, 1.82) is 0 Å². The van der Waals surface area contributed by atoms with Gasteiger partial charge in [0.1, 0.15) is 0 Å². The van der Waals surface area contributed by atoms with Gasteiger partial charge in [0.25, 0.3) is 0 Å². The Labute approximate surface area is 156 Å². The van der Waals surface area contributed by atoms with E-state index in [0.29, 0.717) is 30.3 Å². The minimum absolute atomic E-state index is 0.0786. The number of nitrogens with zero attached hydrogens (tertiary/aromatic N) is 2. The number of carbonyl (C=O) groups is 2. The van der Waals surface area contributed by atoms with Gasteiger partial charge in [0.05, 0.1) is 11.9 Å². The van der Waals surface area contributed by atoms with E-state index >= 15 is 0 Å². The van der Waals surface area contributed by atoms with E-state index in [0.717, 1.165) is 5.56 Å². The van der Waals surface area contributed by atoms with Crippen LogP contribution in [0.5, 0.6) is 0 Å². The summed E-state index contributed by atoms with van der Waals surface area (Å²) in [5.41, 5.74) is 1.25. The highest BCUT2D eigenvalue weighted by Crippen LogP contribution is 2.22. The number of sulfonamides is 1. The zero-order chi connectivity index (χ0) is 19.4. The normalized spacial score (nSPS) is 16.2. The van der Waals surface area contributed by atoms with Crippen molar-refractivity contribution in [2.24, 2.45) is 0 Å². The molecular formula is C17H20N4O5S. The molecule has 9 nitrogen and oxygen atoms in total. The van der Waals surface area contributed by atoms with E-state index in [1.54, 1.807) is 37.4 Å². The smallest absolute Gasteiger partial charge is 0.313 e. The molecule has 0 atom stereocenters. The van der Waals surface area contributed by atoms with Gasteiger partial charge in [-0.05, 0) is 30.7 Å². The highest BCUT2D eigenvalue weighted by Gasteiger charge is 2.27. The molecular weight excluding hydrogens is 372 g/mol. The van der Waals surface area contributed by atoms with Gasteiger partial charge < -0.3 is 15.1 Å². The molecule has 0 radical (unpaired) electrons. The average molecular weight is 392 g/mol. The standard InChI is InChI=1S/C17H20N4O5S/c1-12-19-11-15(26-12)13-3-5-14(6-4-13)20-17(23)16(22)18-7-9-21-8-2-10-27(21,24)25/h3-6,11H,2,7-10H2,1H3,(H,18,22)(H,20,23). The van der Waals surface area contributed by atoms with Crippen molar-refractivity contribution in [1.82, 2.24) is 14.6 Å². The monoisotopic (exact) mass is 392 g/mol. The summed E-state index contributed by atoms with van der Waals surface area (Å²) in [6, 6.07) is 6.78. The molecule has 1 aromatic heterocycles. The van der Waals surface area contributed by atoms with Crippen LogP contribution in [0.25, 0.3) is 11.3 Å². The number of oxazole rings is 1. The number of amides is 2. The van der Waals surface area contributed by atoms with E-state index in [4.69, 9.17) is 4.42 Å². The predicted molar refractivity (Wildman–Crippen MR) is 98.3 cm³/mol. The van der Waals surface area contributed by atoms with Crippen LogP contribution in [0.4, 0.5) is 5.69 Å². The molecule has 1 saturated heterocycles. The van der Waals surface area contributed by atoms with Gasteiger partial charge in [-0.3, -0.25) is 9.59 Å². The molecule has 2 N–H and O–H groups in total. The summed E-state index contributed by atoms with van der Waals surface area (Å²) >= 11 is 0. The van der Waals surface area contributed by atoms with Gasteiger partial charge in [-0.2, -0.15) is 0 Å². The summed E-state index contributed by atoms with van der Waals surface area (Å²) < 4.78 is 30.1. The third-order valence-corrected chi connectivity index (χ3v) is 6.06. The molecule has 0 aliphatic carbocycles. The number of hydrogen-bond acceptors (Lipinski definition) is 6. The first-order chi connectivity index (χ1) is 12.8. The van der Waals surface area contributed by atoms with Crippen LogP contribution in [-0.4, -0.2) is 54.9 Å². The second-order valence-corrected chi connectivity index (χ2v) is 8.19. The molecule has 2 heterocycles. The fourth-order valence-corrected chi connectivity index (χ4v) is 4.25. The number of aryl methyl sites for hydroxylation is 1. The lowest BCUT2D eigenvalue weighted by Crippen LogP contribution is -2.40. The van der Waals surface area contributed by atoms with Crippen molar-refractivity contribution in [3.63, 3.8) is 0 Å². The van der Waals surface area contributed by atoms with E-state index in [1.165, 1.54) is 4.31 Å². The fourth-order valence-electron chi connectivity index (χ4n) is 2.72.